The lowest BCUT2D eigenvalue weighted by atomic mass is 9.90. The van der Waals surface area contributed by atoms with Gasteiger partial charge in [0.25, 0.3) is 0 Å². The van der Waals surface area contributed by atoms with E-state index in [9.17, 15) is 14.0 Å². The van der Waals surface area contributed by atoms with Crippen molar-refractivity contribution in [2.75, 3.05) is 24.5 Å². The lowest BCUT2D eigenvalue weighted by Gasteiger charge is -2.33. The van der Waals surface area contributed by atoms with E-state index in [2.05, 4.69) is 29.6 Å². The number of halogens is 1. The molecule has 1 unspecified atom stereocenters. The number of urea groups is 1. The SMILES string of the molecule is O=C(NC1CC(=O)N(c2cccc(F)c2)C1)N1CCC(Cc2ccccc2)CC1. The summed E-state index contributed by atoms with van der Waals surface area (Å²) in [6.45, 7) is 1.84. The highest BCUT2D eigenvalue weighted by Gasteiger charge is 2.33. The van der Waals surface area contributed by atoms with Crippen LogP contribution in [0.2, 0.25) is 0 Å². The van der Waals surface area contributed by atoms with Crippen LogP contribution in [0.25, 0.3) is 0 Å². The summed E-state index contributed by atoms with van der Waals surface area (Å²) in [6, 6.07) is 16.1. The van der Waals surface area contributed by atoms with Gasteiger partial charge in [0.05, 0.1) is 6.04 Å². The van der Waals surface area contributed by atoms with Crippen molar-refractivity contribution >= 4 is 17.6 Å². The third-order valence-corrected chi connectivity index (χ3v) is 5.84. The van der Waals surface area contributed by atoms with Crippen molar-refractivity contribution in [1.29, 1.82) is 0 Å². The lowest BCUT2D eigenvalue weighted by molar-refractivity contribution is -0.117. The van der Waals surface area contributed by atoms with Crippen LogP contribution in [-0.4, -0.2) is 42.5 Å². The van der Waals surface area contributed by atoms with Crippen LogP contribution in [0.15, 0.2) is 54.6 Å². The number of carbonyl (C=O) groups is 2. The zero-order chi connectivity index (χ0) is 20.2. The maximum Gasteiger partial charge on any atom is 0.317 e. The highest BCUT2D eigenvalue weighted by molar-refractivity contribution is 5.96. The summed E-state index contributed by atoms with van der Waals surface area (Å²) in [6.07, 6.45) is 3.27. The molecule has 6 heteroatoms. The minimum Gasteiger partial charge on any atom is -0.333 e. The number of carbonyl (C=O) groups excluding carboxylic acids is 2. The fraction of sp³-hybridized carbons (Fsp3) is 0.391. The topological polar surface area (TPSA) is 52.7 Å². The number of hydrogen-bond donors (Lipinski definition) is 1. The Balaban J connectivity index is 1.26. The van der Waals surface area contributed by atoms with Crippen LogP contribution in [0.5, 0.6) is 0 Å². The monoisotopic (exact) mass is 395 g/mol. The zero-order valence-electron chi connectivity index (χ0n) is 16.4. The fourth-order valence-electron chi connectivity index (χ4n) is 4.25. The van der Waals surface area contributed by atoms with Crippen molar-refractivity contribution in [2.45, 2.75) is 31.7 Å². The third kappa shape index (κ3) is 4.75. The minimum atomic E-state index is -0.374. The molecule has 0 aromatic heterocycles. The maximum absolute atomic E-state index is 13.5. The van der Waals surface area contributed by atoms with Crippen molar-refractivity contribution < 1.29 is 14.0 Å². The van der Waals surface area contributed by atoms with E-state index in [1.807, 2.05) is 11.0 Å². The highest BCUT2D eigenvalue weighted by atomic mass is 19.1. The largest absolute Gasteiger partial charge is 0.333 e. The molecule has 0 saturated carbocycles. The molecule has 2 fully saturated rings. The average molecular weight is 395 g/mol. The van der Waals surface area contributed by atoms with Crippen LogP contribution in [-0.2, 0) is 11.2 Å². The maximum atomic E-state index is 13.5. The normalized spacial score (nSPS) is 20.2. The number of hydrogen-bond acceptors (Lipinski definition) is 2. The molecule has 2 aliphatic heterocycles. The molecule has 3 amide bonds. The summed E-state index contributed by atoms with van der Waals surface area (Å²) in [5.74, 6) is 0.126. The summed E-state index contributed by atoms with van der Waals surface area (Å²) in [5, 5.41) is 2.99. The van der Waals surface area contributed by atoms with Gasteiger partial charge in [-0.15, -0.1) is 0 Å². The van der Waals surface area contributed by atoms with Gasteiger partial charge in [0.15, 0.2) is 0 Å². The van der Waals surface area contributed by atoms with E-state index in [0.29, 0.717) is 18.2 Å². The number of benzene rings is 2. The summed E-state index contributed by atoms with van der Waals surface area (Å²) in [5.41, 5.74) is 1.88. The van der Waals surface area contributed by atoms with Gasteiger partial charge in [0, 0.05) is 31.7 Å². The first-order valence-corrected chi connectivity index (χ1v) is 10.2. The fourth-order valence-corrected chi connectivity index (χ4v) is 4.25. The Kier molecular flexibility index (Phi) is 5.79. The summed E-state index contributed by atoms with van der Waals surface area (Å²) in [7, 11) is 0. The molecule has 152 valence electrons. The number of anilines is 1. The van der Waals surface area contributed by atoms with Crippen molar-refractivity contribution in [3.05, 3.63) is 66.0 Å². The van der Waals surface area contributed by atoms with E-state index in [-0.39, 0.29) is 30.2 Å². The molecule has 0 radical (unpaired) electrons. The summed E-state index contributed by atoms with van der Waals surface area (Å²) in [4.78, 5) is 28.3. The summed E-state index contributed by atoms with van der Waals surface area (Å²) >= 11 is 0. The second-order valence-corrected chi connectivity index (χ2v) is 7.95. The second kappa shape index (κ2) is 8.64. The Morgan fingerprint density at radius 3 is 2.55 bits per heavy atom. The van der Waals surface area contributed by atoms with Crippen LogP contribution >= 0.6 is 0 Å². The molecule has 2 aromatic carbocycles. The van der Waals surface area contributed by atoms with Gasteiger partial charge in [0.2, 0.25) is 5.91 Å². The van der Waals surface area contributed by atoms with Crippen molar-refractivity contribution in [1.82, 2.24) is 10.2 Å². The van der Waals surface area contributed by atoms with Gasteiger partial charge >= 0.3 is 6.03 Å². The number of amides is 3. The van der Waals surface area contributed by atoms with Gasteiger partial charge < -0.3 is 15.1 Å². The second-order valence-electron chi connectivity index (χ2n) is 7.95. The Bertz CT molecular complexity index is 865. The molecular weight excluding hydrogens is 369 g/mol. The molecule has 0 aliphatic carbocycles. The molecule has 5 nitrogen and oxygen atoms in total. The van der Waals surface area contributed by atoms with Gasteiger partial charge in [0.1, 0.15) is 5.82 Å². The molecule has 2 heterocycles. The van der Waals surface area contributed by atoms with Crippen molar-refractivity contribution in [3.63, 3.8) is 0 Å². The van der Waals surface area contributed by atoms with Gasteiger partial charge in [-0.3, -0.25) is 4.79 Å². The molecule has 0 bridgehead atoms. The van der Waals surface area contributed by atoms with Gasteiger partial charge in [-0.2, -0.15) is 0 Å². The van der Waals surface area contributed by atoms with E-state index >= 15 is 0 Å². The standard InChI is InChI=1S/C23H26FN3O2/c24-19-7-4-8-21(14-19)27-16-20(15-22(27)28)25-23(29)26-11-9-18(10-12-26)13-17-5-2-1-3-6-17/h1-8,14,18,20H,9-13,15-16H2,(H,25,29). The smallest absolute Gasteiger partial charge is 0.317 e. The molecule has 1 N–H and O–H groups in total. The van der Waals surface area contributed by atoms with Crippen molar-refractivity contribution in [2.24, 2.45) is 5.92 Å². The molecule has 1 atom stereocenters. The Morgan fingerprint density at radius 2 is 1.83 bits per heavy atom. The summed E-state index contributed by atoms with van der Waals surface area (Å²) < 4.78 is 13.5. The Morgan fingerprint density at radius 1 is 1.07 bits per heavy atom. The number of rotatable bonds is 4. The predicted molar refractivity (Wildman–Crippen MR) is 110 cm³/mol. The number of piperidine rings is 1. The highest BCUT2D eigenvalue weighted by Crippen LogP contribution is 2.24. The van der Waals surface area contributed by atoms with Crippen molar-refractivity contribution in [3.8, 4) is 0 Å². The number of nitrogens with one attached hydrogen (secondary N) is 1. The van der Waals surface area contributed by atoms with Crippen LogP contribution in [0.3, 0.4) is 0 Å². The first kappa shape index (κ1) is 19.4. The molecular formula is C23H26FN3O2. The molecule has 2 aliphatic rings. The van der Waals surface area contributed by atoms with Crippen LogP contribution < -0.4 is 10.2 Å². The lowest BCUT2D eigenvalue weighted by Crippen LogP contribution is -2.48. The zero-order valence-corrected chi connectivity index (χ0v) is 16.4. The number of likely N-dealkylation sites (tertiary alicyclic amines) is 1. The van der Waals surface area contributed by atoms with Gasteiger partial charge in [-0.25, -0.2) is 9.18 Å². The van der Waals surface area contributed by atoms with Crippen LogP contribution in [0, 0.1) is 11.7 Å². The molecule has 29 heavy (non-hydrogen) atoms. The van der Waals surface area contributed by atoms with Gasteiger partial charge in [-0.1, -0.05) is 36.4 Å². The predicted octanol–water partition coefficient (Wildman–Crippen LogP) is 3.60. The van der Waals surface area contributed by atoms with Crippen LogP contribution in [0.4, 0.5) is 14.9 Å². The van der Waals surface area contributed by atoms with E-state index in [1.54, 1.807) is 17.0 Å². The molecule has 2 saturated heterocycles. The first-order chi connectivity index (χ1) is 14.1. The number of nitrogens with zero attached hydrogens (tertiary/aromatic N) is 2. The minimum absolute atomic E-state index is 0.0949. The van der Waals surface area contributed by atoms with Gasteiger partial charge in [-0.05, 0) is 48.9 Å². The van der Waals surface area contributed by atoms with E-state index < -0.39 is 0 Å². The third-order valence-electron chi connectivity index (χ3n) is 5.84. The Hall–Kier alpha value is -2.89. The average Bonchev–Trinajstić information content (AvgIpc) is 3.09. The van der Waals surface area contributed by atoms with E-state index in [4.69, 9.17) is 0 Å². The van der Waals surface area contributed by atoms with Crippen LogP contribution in [0.1, 0.15) is 24.8 Å². The van der Waals surface area contributed by atoms with E-state index in [0.717, 1.165) is 32.4 Å². The molecule has 0 spiro atoms. The quantitative estimate of drug-likeness (QED) is 0.860. The Labute approximate surface area is 170 Å². The van der Waals surface area contributed by atoms with E-state index in [1.165, 1.54) is 17.7 Å². The first-order valence-electron chi connectivity index (χ1n) is 10.2. The molecule has 2 aromatic rings. The molecule has 4 rings (SSSR count).